The van der Waals surface area contributed by atoms with Crippen LogP contribution in [0.4, 0.5) is 0 Å². The smallest absolute Gasteiger partial charge is 0.341 e. The molecule has 4 nitrogen and oxygen atoms in total. The van der Waals surface area contributed by atoms with Crippen LogP contribution in [0.15, 0.2) is 24.3 Å². The summed E-state index contributed by atoms with van der Waals surface area (Å²) < 4.78 is 5.24. The molecule has 0 radical (unpaired) electrons. The van der Waals surface area contributed by atoms with E-state index in [2.05, 4.69) is 18.7 Å². The summed E-state index contributed by atoms with van der Waals surface area (Å²) in [6, 6.07) is 7.70. The van der Waals surface area contributed by atoms with E-state index in [0.717, 1.165) is 13.0 Å². The predicted molar refractivity (Wildman–Crippen MR) is 82.5 cm³/mol. The van der Waals surface area contributed by atoms with E-state index in [1.54, 1.807) is 18.2 Å². The van der Waals surface area contributed by atoms with Gasteiger partial charge in [0.2, 0.25) is 0 Å². The van der Waals surface area contributed by atoms with E-state index >= 15 is 0 Å². The molecule has 2 rings (SSSR count). The fourth-order valence-corrected chi connectivity index (χ4v) is 3.05. The number of aromatic hydroxyl groups is 1. The Bertz CT molecular complexity index is 465. The highest BCUT2D eigenvalue weighted by atomic mass is 16.5. The average molecular weight is 291 g/mol. The number of benzene rings is 1. The molecule has 1 N–H and O–H groups in total. The van der Waals surface area contributed by atoms with Gasteiger partial charge >= 0.3 is 5.97 Å². The lowest BCUT2D eigenvalue weighted by molar-refractivity contribution is 0.0447. The lowest BCUT2D eigenvalue weighted by Crippen LogP contribution is -2.44. The lowest BCUT2D eigenvalue weighted by Gasteiger charge is -2.38. The summed E-state index contributed by atoms with van der Waals surface area (Å²) in [5, 5.41) is 9.60. The molecule has 0 aromatic heterocycles. The zero-order valence-electron chi connectivity index (χ0n) is 12.9. The number of hydrogen-bond donors (Lipinski definition) is 1. The summed E-state index contributed by atoms with van der Waals surface area (Å²) in [4.78, 5) is 14.3. The van der Waals surface area contributed by atoms with Crippen LogP contribution in [-0.2, 0) is 4.74 Å². The van der Waals surface area contributed by atoms with Crippen LogP contribution in [0.1, 0.15) is 49.9 Å². The molecule has 0 amide bonds. The van der Waals surface area contributed by atoms with Crippen LogP contribution in [-0.4, -0.2) is 41.2 Å². The number of likely N-dealkylation sites (tertiary alicyclic amines) is 1. The van der Waals surface area contributed by atoms with E-state index in [0.29, 0.717) is 18.7 Å². The number of para-hydroxylation sites is 1. The second-order valence-corrected chi connectivity index (χ2v) is 5.87. The van der Waals surface area contributed by atoms with Gasteiger partial charge in [0, 0.05) is 18.6 Å². The van der Waals surface area contributed by atoms with Crippen molar-refractivity contribution < 1.29 is 14.6 Å². The molecule has 4 heteroatoms. The predicted octanol–water partition coefficient (Wildman–Crippen LogP) is 3.20. The molecule has 0 aliphatic carbocycles. The third kappa shape index (κ3) is 4.21. The fourth-order valence-electron chi connectivity index (χ4n) is 3.05. The molecule has 1 heterocycles. The normalized spacial score (nSPS) is 23.0. The highest BCUT2D eigenvalue weighted by Gasteiger charge is 2.23. The van der Waals surface area contributed by atoms with Gasteiger partial charge in [0.05, 0.1) is 6.61 Å². The second-order valence-electron chi connectivity index (χ2n) is 5.87. The molecule has 1 aromatic rings. The number of carbonyl (C=O) groups is 1. The third-order valence-corrected chi connectivity index (χ3v) is 4.29. The monoisotopic (exact) mass is 291 g/mol. The molecule has 0 spiro atoms. The first-order valence-electron chi connectivity index (χ1n) is 7.80. The molecule has 2 unspecified atom stereocenters. The van der Waals surface area contributed by atoms with Gasteiger partial charge in [-0.2, -0.15) is 0 Å². The number of phenols is 1. The van der Waals surface area contributed by atoms with E-state index in [9.17, 15) is 9.90 Å². The standard InChI is InChI=1S/C17H25NO3/c1-13-7-5-8-14(2)18(13)11-6-12-21-17(20)15-9-3-4-10-16(15)19/h3-4,9-10,13-14,19H,5-8,11-12H2,1-2H3. The van der Waals surface area contributed by atoms with Crippen molar-refractivity contribution in [2.45, 2.75) is 51.6 Å². The SMILES string of the molecule is CC1CCCC(C)N1CCCOC(=O)c1ccccc1O. The quantitative estimate of drug-likeness (QED) is 0.668. The Labute approximate surface area is 126 Å². The summed E-state index contributed by atoms with van der Waals surface area (Å²) >= 11 is 0. The molecule has 1 aliphatic rings. The molecular formula is C17H25NO3. The Kier molecular flexibility index (Phi) is 5.62. The van der Waals surface area contributed by atoms with Gasteiger partial charge in [-0.05, 0) is 45.2 Å². The highest BCUT2D eigenvalue weighted by Crippen LogP contribution is 2.22. The summed E-state index contributed by atoms with van der Waals surface area (Å²) in [5.41, 5.74) is 0.234. The molecule has 1 aliphatic heterocycles. The zero-order chi connectivity index (χ0) is 15.2. The minimum absolute atomic E-state index is 0.0271. The Morgan fingerprint density at radius 3 is 2.62 bits per heavy atom. The van der Waals surface area contributed by atoms with Gasteiger partial charge in [-0.25, -0.2) is 4.79 Å². The van der Waals surface area contributed by atoms with Gasteiger partial charge in [0.1, 0.15) is 11.3 Å². The van der Waals surface area contributed by atoms with Crippen LogP contribution >= 0.6 is 0 Å². The average Bonchev–Trinajstić information content (AvgIpc) is 2.46. The maximum absolute atomic E-state index is 11.8. The fraction of sp³-hybridized carbons (Fsp3) is 0.588. The first kappa shape index (κ1) is 15.8. The maximum atomic E-state index is 11.8. The van der Waals surface area contributed by atoms with E-state index in [1.165, 1.54) is 25.3 Å². The first-order valence-corrected chi connectivity index (χ1v) is 7.80. The number of carbonyl (C=O) groups excluding carboxylic acids is 1. The largest absolute Gasteiger partial charge is 0.507 e. The molecule has 0 saturated carbocycles. The number of rotatable bonds is 5. The molecular weight excluding hydrogens is 266 g/mol. The van der Waals surface area contributed by atoms with Gasteiger partial charge < -0.3 is 9.84 Å². The van der Waals surface area contributed by atoms with E-state index in [-0.39, 0.29) is 11.3 Å². The Balaban J connectivity index is 1.74. The van der Waals surface area contributed by atoms with Crippen molar-refractivity contribution in [2.75, 3.05) is 13.2 Å². The van der Waals surface area contributed by atoms with Crippen molar-refractivity contribution in [3.05, 3.63) is 29.8 Å². The van der Waals surface area contributed by atoms with Crippen LogP contribution in [0.2, 0.25) is 0 Å². The number of nitrogens with zero attached hydrogens (tertiary/aromatic N) is 1. The van der Waals surface area contributed by atoms with Crippen molar-refractivity contribution in [1.29, 1.82) is 0 Å². The molecule has 116 valence electrons. The van der Waals surface area contributed by atoms with Gasteiger partial charge in [-0.3, -0.25) is 4.90 Å². The molecule has 1 saturated heterocycles. The number of hydrogen-bond acceptors (Lipinski definition) is 4. The summed E-state index contributed by atoms with van der Waals surface area (Å²) in [5.74, 6) is -0.478. The third-order valence-electron chi connectivity index (χ3n) is 4.29. The van der Waals surface area contributed by atoms with Gasteiger partial charge in [-0.1, -0.05) is 18.6 Å². The number of phenolic OH excluding ortho intramolecular Hbond substituents is 1. The van der Waals surface area contributed by atoms with Gasteiger partial charge in [0.15, 0.2) is 0 Å². The van der Waals surface area contributed by atoms with E-state index in [1.807, 2.05) is 0 Å². The van der Waals surface area contributed by atoms with Gasteiger partial charge in [-0.15, -0.1) is 0 Å². The van der Waals surface area contributed by atoms with Gasteiger partial charge in [0.25, 0.3) is 0 Å². The van der Waals surface area contributed by atoms with E-state index < -0.39 is 5.97 Å². The van der Waals surface area contributed by atoms with Crippen molar-refractivity contribution in [1.82, 2.24) is 4.90 Å². The first-order chi connectivity index (χ1) is 10.1. The summed E-state index contributed by atoms with van der Waals surface area (Å²) in [6.45, 7) is 5.88. The van der Waals surface area contributed by atoms with Crippen molar-refractivity contribution in [3.8, 4) is 5.75 Å². The molecule has 21 heavy (non-hydrogen) atoms. The highest BCUT2D eigenvalue weighted by molar-refractivity contribution is 5.92. The van der Waals surface area contributed by atoms with Crippen LogP contribution in [0.5, 0.6) is 5.75 Å². The minimum atomic E-state index is -0.451. The lowest BCUT2D eigenvalue weighted by atomic mass is 9.97. The number of esters is 1. The molecule has 1 fully saturated rings. The maximum Gasteiger partial charge on any atom is 0.341 e. The molecule has 1 aromatic carbocycles. The van der Waals surface area contributed by atoms with Crippen molar-refractivity contribution >= 4 is 5.97 Å². The van der Waals surface area contributed by atoms with Crippen LogP contribution < -0.4 is 0 Å². The topological polar surface area (TPSA) is 49.8 Å². The second kappa shape index (κ2) is 7.46. The van der Waals surface area contributed by atoms with Crippen LogP contribution in [0, 0.1) is 0 Å². The van der Waals surface area contributed by atoms with E-state index in [4.69, 9.17) is 4.74 Å². The summed E-state index contributed by atoms with van der Waals surface area (Å²) in [6.07, 6.45) is 4.64. The summed E-state index contributed by atoms with van der Waals surface area (Å²) in [7, 11) is 0. The van der Waals surface area contributed by atoms with Crippen molar-refractivity contribution in [2.24, 2.45) is 0 Å². The Morgan fingerprint density at radius 1 is 1.29 bits per heavy atom. The zero-order valence-corrected chi connectivity index (χ0v) is 12.9. The Hall–Kier alpha value is -1.55. The van der Waals surface area contributed by atoms with Crippen LogP contribution in [0.25, 0.3) is 0 Å². The number of ether oxygens (including phenoxy) is 1. The number of piperidine rings is 1. The minimum Gasteiger partial charge on any atom is -0.507 e. The van der Waals surface area contributed by atoms with Crippen molar-refractivity contribution in [3.63, 3.8) is 0 Å². The van der Waals surface area contributed by atoms with Crippen LogP contribution in [0.3, 0.4) is 0 Å². The Morgan fingerprint density at radius 2 is 1.95 bits per heavy atom. The molecule has 2 atom stereocenters. The molecule has 0 bridgehead atoms.